The number of hydrogen-bond acceptors (Lipinski definition) is 1. The molecule has 12 heavy (non-hydrogen) atoms. The van der Waals surface area contributed by atoms with Crippen LogP contribution in [0.25, 0.3) is 0 Å². The molecule has 0 aromatic rings. The molecule has 0 spiro atoms. The normalized spacial score (nSPS) is 16.7. The van der Waals surface area contributed by atoms with Gasteiger partial charge in [0.1, 0.15) is 0 Å². The molecule has 70 valence electrons. The Hall–Kier alpha value is -0.670. The third-order valence-corrected chi connectivity index (χ3v) is 2.06. The largest absolute Gasteiger partial charge is 0.338 e. The molecule has 1 rings (SSSR count). The summed E-state index contributed by atoms with van der Waals surface area (Å²) in [6.45, 7) is 2.63. The van der Waals surface area contributed by atoms with E-state index in [-0.39, 0.29) is 0 Å². The summed E-state index contributed by atoms with van der Waals surface area (Å²) in [6.07, 6.45) is -0.691. The zero-order valence-electron chi connectivity index (χ0n) is 7.09. The van der Waals surface area contributed by atoms with Crippen molar-refractivity contribution in [3.63, 3.8) is 0 Å². The molecule has 0 N–H and O–H groups in total. The Bertz CT molecular complexity index is 168. The van der Waals surface area contributed by atoms with Crippen molar-refractivity contribution < 1.29 is 13.6 Å². The molecule has 1 saturated carbocycles. The molecule has 0 heterocycles. The standard InChI is InChI=1S/C8H13F2NO/c1-2-11(5-6-3-4-6)8(12)7(9)10/h6-7H,2-5H2,1H3. The first kappa shape index (κ1) is 9.42. The lowest BCUT2D eigenvalue weighted by molar-refractivity contribution is -0.142. The van der Waals surface area contributed by atoms with Gasteiger partial charge in [-0.15, -0.1) is 0 Å². The molecule has 0 aromatic carbocycles. The third kappa shape index (κ3) is 2.43. The molecule has 1 amide bonds. The van der Waals surface area contributed by atoms with E-state index in [9.17, 15) is 13.6 Å². The van der Waals surface area contributed by atoms with Crippen molar-refractivity contribution >= 4 is 5.91 Å². The second-order valence-electron chi connectivity index (χ2n) is 3.12. The number of rotatable bonds is 4. The van der Waals surface area contributed by atoms with Crippen LogP contribution in [0.5, 0.6) is 0 Å². The maximum Gasteiger partial charge on any atom is 0.315 e. The van der Waals surface area contributed by atoms with Gasteiger partial charge in [-0.3, -0.25) is 4.79 Å². The molecule has 0 aromatic heterocycles. The molecule has 1 aliphatic rings. The van der Waals surface area contributed by atoms with Crippen molar-refractivity contribution in [2.24, 2.45) is 5.92 Å². The first-order chi connectivity index (χ1) is 5.65. The molecular formula is C8H13F2NO. The van der Waals surface area contributed by atoms with Gasteiger partial charge in [-0.1, -0.05) is 0 Å². The van der Waals surface area contributed by atoms with Crippen LogP contribution in [0.15, 0.2) is 0 Å². The highest BCUT2D eigenvalue weighted by Gasteiger charge is 2.29. The smallest absolute Gasteiger partial charge is 0.315 e. The van der Waals surface area contributed by atoms with Crippen LogP contribution in [0.1, 0.15) is 19.8 Å². The highest BCUT2D eigenvalue weighted by Crippen LogP contribution is 2.29. The number of halogens is 2. The van der Waals surface area contributed by atoms with Gasteiger partial charge in [-0.25, -0.2) is 0 Å². The number of carbonyl (C=O) groups is 1. The summed E-state index contributed by atoms with van der Waals surface area (Å²) in [5.74, 6) is -0.544. The Labute approximate surface area is 70.5 Å². The van der Waals surface area contributed by atoms with E-state index >= 15 is 0 Å². The Morgan fingerprint density at radius 1 is 1.58 bits per heavy atom. The quantitative estimate of drug-likeness (QED) is 0.637. The molecule has 0 aliphatic heterocycles. The minimum atomic E-state index is -2.84. The molecule has 0 radical (unpaired) electrons. The second kappa shape index (κ2) is 3.83. The highest BCUT2D eigenvalue weighted by molar-refractivity contribution is 5.79. The minimum Gasteiger partial charge on any atom is -0.338 e. The third-order valence-electron chi connectivity index (χ3n) is 2.06. The first-order valence-corrected chi connectivity index (χ1v) is 4.22. The lowest BCUT2D eigenvalue weighted by Crippen LogP contribution is -2.36. The van der Waals surface area contributed by atoms with Crippen molar-refractivity contribution in [1.82, 2.24) is 4.90 Å². The van der Waals surface area contributed by atoms with Gasteiger partial charge in [0.15, 0.2) is 0 Å². The molecular weight excluding hydrogens is 164 g/mol. The fourth-order valence-electron chi connectivity index (χ4n) is 1.13. The lowest BCUT2D eigenvalue weighted by atomic mass is 10.3. The molecule has 0 bridgehead atoms. The molecule has 2 nitrogen and oxygen atoms in total. The van der Waals surface area contributed by atoms with Crippen LogP contribution in [0.3, 0.4) is 0 Å². The Morgan fingerprint density at radius 3 is 2.50 bits per heavy atom. The van der Waals surface area contributed by atoms with Gasteiger partial charge in [-0.05, 0) is 25.7 Å². The summed E-state index contributed by atoms with van der Waals surface area (Å²) >= 11 is 0. The summed E-state index contributed by atoms with van der Waals surface area (Å²) in [4.78, 5) is 12.1. The van der Waals surface area contributed by atoms with E-state index in [1.807, 2.05) is 0 Å². The topological polar surface area (TPSA) is 20.3 Å². The average molecular weight is 177 g/mol. The molecule has 1 fully saturated rings. The van der Waals surface area contributed by atoms with Crippen LogP contribution in [-0.4, -0.2) is 30.3 Å². The van der Waals surface area contributed by atoms with Crippen LogP contribution in [0.2, 0.25) is 0 Å². The van der Waals surface area contributed by atoms with Crippen molar-refractivity contribution in [2.45, 2.75) is 26.2 Å². The van der Waals surface area contributed by atoms with Gasteiger partial charge in [0.2, 0.25) is 0 Å². The molecule has 1 aliphatic carbocycles. The average Bonchev–Trinajstić information content (AvgIpc) is 2.82. The molecule has 0 unspecified atom stereocenters. The van der Waals surface area contributed by atoms with E-state index in [1.54, 1.807) is 6.92 Å². The Balaban J connectivity index is 2.36. The van der Waals surface area contributed by atoms with Crippen LogP contribution in [-0.2, 0) is 4.79 Å². The molecule has 0 atom stereocenters. The molecule has 0 saturated heterocycles. The number of carbonyl (C=O) groups excluding carboxylic acids is 1. The van der Waals surface area contributed by atoms with Crippen molar-refractivity contribution in [1.29, 1.82) is 0 Å². The second-order valence-corrected chi connectivity index (χ2v) is 3.12. The Kier molecular flexibility index (Phi) is 3.00. The van der Waals surface area contributed by atoms with E-state index in [4.69, 9.17) is 0 Å². The summed E-state index contributed by atoms with van der Waals surface area (Å²) in [5, 5.41) is 0. The molecule has 4 heteroatoms. The van der Waals surface area contributed by atoms with Crippen molar-refractivity contribution in [3.05, 3.63) is 0 Å². The van der Waals surface area contributed by atoms with Crippen LogP contribution >= 0.6 is 0 Å². The first-order valence-electron chi connectivity index (χ1n) is 4.22. The predicted molar refractivity (Wildman–Crippen MR) is 41.0 cm³/mol. The number of hydrogen-bond donors (Lipinski definition) is 0. The van der Waals surface area contributed by atoms with Gasteiger partial charge in [-0.2, -0.15) is 8.78 Å². The number of alkyl halides is 2. The highest BCUT2D eigenvalue weighted by atomic mass is 19.3. The fraction of sp³-hybridized carbons (Fsp3) is 0.875. The zero-order valence-corrected chi connectivity index (χ0v) is 7.09. The van der Waals surface area contributed by atoms with Gasteiger partial charge in [0, 0.05) is 13.1 Å². The van der Waals surface area contributed by atoms with Crippen molar-refractivity contribution in [3.8, 4) is 0 Å². The lowest BCUT2D eigenvalue weighted by Gasteiger charge is -2.19. The summed E-state index contributed by atoms with van der Waals surface area (Å²) < 4.78 is 23.9. The summed E-state index contributed by atoms with van der Waals surface area (Å²) in [5.41, 5.74) is 0. The van der Waals surface area contributed by atoms with Gasteiger partial charge in [0.05, 0.1) is 0 Å². The minimum absolute atomic E-state index is 0.389. The van der Waals surface area contributed by atoms with Crippen LogP contribution < -0.4 is 0 Å². The van der Waals surface area contributed by atoms with Crippen molar-refractivity contribution in [2.75, 3.05) is 13.1 Å². The monoisotopic (exact) mass is 177 g/mol. The van der Waals surface area contributed by atoms with E-state index in [2.05, 4.69) is 0 Å². The van der Waals surface area contributed by atoms with Gasteiger partial charge in [0.25, 0.3) is 5.91 Å². The summed E-state index contributed by atoms with van der Waals surface area (Å²) in [6, 6.07) is 0. The maximum absolute atomic E-state index is 11.9. The van der Waals surface area contributed by atoms with Crippen LogP contribution in [0, 0.1) is 5.92 Å². The van der Waals surface area contributed by atoms with Gasteiger partial charge < -0.3 is 4.90 Å². The zero-order chi connectivity index (χ0) is 9.14. The Morgan fingerprint density at radius 2 is 2.17 bits per heavy atom. The fourth-order valence-corrected chi connectivity index (χ4v) is 1.13. The van der Waals surface area contributed by atoms with E-state index in [0.29, 0.717) is 19.0 Å². The van der Waals surface area contributed by atoms with E-state index in [0.717, 1.165) is 12.8 Å². The predicted octanol–water partition coefficient (Wildman–Crippen LogP) is 1.51. The maximum atomic E-state index is 11.9. The van der Waals surface area contributed by atoms with E-state index in [1.165, 1.54) is 4.90 Å². The summed E-state index contributed by atoms with van der Waals surface area (Å²) in [7, 11) is 0. The van der Waals surface area contributed by atoms with E-state index < -0.39 is 12.3 Å². The van der Waals surface area contributed by atoms with Crippen LogP contribution in [0.4, 0.5) is 8.78 Å². The SMILES string of the molecule is CCN(CC1CC1)C(=O)C(F)F. The number of nitrogens with zero attached hydrogens (tertiary/aromatic N) is 1. The number of amides is 1. The van der Waals surface area contributed by atoms with Gasteiger partial charge >= 0.3 is 6.43 Å².